The number of aliphatic hydroxyl groups is 2. The van der Waals surface area contributed by atoms with Crippen LogP contribution in [0.2, 0.25) is 0 Å². The van der Waals surface area contributed by atoms with Crippen molar-refractivity contribution in [3.05, 3.63) is 12.2 Å². The molecule has 1 unspecified atom stereocenters. The molecule has 182 valence electrons. The molecule has 0 aliphatic heterocycles. The number of aliphatic carboxylic acids is 1. The van der Waals surface area contributed by atoms with E-state index in [9.17, 15) is 19.8 Å². The van der Waals surface area contributed by atoms with Gasteiger partial charge in [0.2, 0.25) is 0 Å². The summed E-state index contributed by atoms with van der Waals surface area (Å²) in [5, 5.41) is 30.3. The molecule has 2 N–H and O–H groups in total. The van der Waals surface area contributed by atoms with Gasteiger partial charge in [0, 0.05) is 19.0 Å². The minimum atomic E-state index is -1.92. The van der Waals surface area contributed by atoms with E-state index in [0.717, 1.165) is 32.1 Å². The molecule has 0 rings (SSSR count). The van der Waals surface area contributed by atoms with Crippen LogP contribution in [0.25, 0.3) is 0 Å². The van der Waals surface area contributed by atoms with E-state index in [1.807, 2.05) is 0 Å². The van der Waals surface area contributed by atoms with Gasteiger partial charge < -0.3 is 24.6 Å². The molecule has 31 heavy (non-hydrogen) atoms. The average Bonchev–Trinajstić information content (AvgIpc) is 2.65. The maximum absolute atomic E-state index is 12.4. The first-order valence-electron chi connectivity index (χ1n) is 12.2. The van der Waals surface area contributed by atoms with Crippen molar-refractivity contribution < 1.29 is 29.4 Å². The molecule has 6 nitrogen and oxygen atoms in total. The number of hydrogen-bond acceptors (Lipinski definition) is 5. The van der Waals surface area contributed by atoms with Gasteiger partial charge in [-0.1, -0.05) is 76.7 Å². The third-order valence-electron chi connectivity index (χ3n) is 5.43. The molecule has 0 heterocycles. The molecule has 0 spiro atoms. The van der Waals surface area contributed by atoms with Crippen LogP contribution in [0.3, 0.4) is 0 Å². The summed E-state index contributed by atoms with van der Waals surface area (Å²) in [6.07, 6.45) is 18.8. The number of quaternary nitrogens is 1. The normalized spacial score (nSPS) is 14.1. The number of rotatable bonds is 21. The number of allylic oxidation sites excluding steroid dienone is 1. The number of ketones is 1. The van der Waals surface area contributed by atoms with Gasteiger partial charge in [0.05, 0.1) is 21.1 Å². The van der Waals surface area contributed by atoms with E-state index in [2.05, 4.69) is 0 Å². The fourth-order valence-corrected chi connectivity index (χ4v) is 3.91. The summed E-state index contributed by atoms with van der Waals surface area (Å²) >= 11 is 0. The number of hydrogen-bond donors (Lipinski definition) is 2. The van der Waals surface area contributed by atoms with Gasteiger partial charge in [0.15, 0.2) is 11.4 Å². The van der Waals surface area contributed by atoms with Crippen LogP contribution in [0.5, 0.6) is 0 Å². The molecule has 0 aromatic carbocycles. The Morgan fingerprint density at radius 2 is 1.23 bits per heavy atom. The SMILES string of the molecule is C[N+](C)(C)CC(O)(CC(=O)[O-])C(=O)/C=C/CCCCCCCCCCCCCCCO. The molecule has 0 fully saturated rings. The molecule has 6 heteroatoms. The summed E-state index contributed by atoms with van der Waals surface area (Å²) in [4.78, 5) is 23.3. The fraction of sp³-hybridized carbons (Fsp3) is 0.840. The van der Waals surface area contributed by atoms with Crippen molar-refractivity contribution in [2.45, 2.75) is 102 Å². The van der Waals surface area contributed by atoms with Gasteiger partial charge in [-0.2, -0.15) is 0 Å². The lowest BCUT2D eigenvalue weighted by molar-refractivity contribution is -0.875. The molecule has 0 amide bonds. The Morgan fingerprint density at radius 3 is 1.61 bits per heavy atom. The first-order valence-corrected chi connectivity index (χ1v) is 12.2. The number of carbonyl (C=O) groups is 2. The van der Waals surface area contributed by atoms with Crippen molar-refractivity contribution in [2.24, 2.45) is 0 Å². The van der Waals surface area contributed by atoms with Crippen molar-refractivity contribution >= 4 is 11.8 Å². The Bertz CT molecular complexity index is 513. The summed E-state index contributed by atoms with van der Waals surface area (Å²) in [6, 6.07) is 0. The molecule has 0 saturated heterocycles. The monoisotopic (exact) mass is 441 g/mol. The van der Waals surface area contributed by atoms with E-state index >= 15 is 0 Å². The predicted octanol–water partition coefficient (Wildman–Crippen LogP) is 3.14. The summed E-state index contributed by atoms with van der Waals surface area (Å²) in [5.74, 6) is -1.98. The number of carboxylic acid groups (broad SMARTS) is 1. The Morgan fingerprint density at radius 1 is 0.806 bits per heavy atom. The maximum Gasteiger partial charge on any atom is 0.193 e. The highest BCUT2D eigenvalue weighted by Crippen LogP contribution is 2.17. The Hall–Kier alpha value is -1.24. The highest BCUT2D eigenvalue weighted by molar-refractivity contribution is 5.99. The fourth-order valence-electron chi connectivity index (χ4n) is 3.91. The van der Waals surface area contributed by atoms with Crippen molar-refractivity contribution in [3.8, 4) is 0 Å². The van der Waals surface area contributed by atoms with Gasteiger partial charge >= 0.3 is 0 Å². The van der Waals surface area contributed by atoms with E-state index in [0.29, 0.717) is 6.61 Å². The standard InChI is InChI=1S/C25H47NO5/c1-26(2,3)22-25(31,21-24(29)30)23(28)19-17-15-13-11-9-7-5-4-6-8-10-12-14-16-18-20-27/h17,19,27,31H,4-16,18,20-22H2,1-3H3/b19-17+. The predicted molar refractivity (Wildman–Crippen MR) is 123 cm³/mol. The highest BCUT2D eigenvalue weighted by Gasteiger charge is 2.39. The summed E-state index contributed by atoms with van der Waals surface area (Å²) in [7, 11) is 5.41. The molecule has 0 radical (unpaired) electrons. The third-order valence-corrected chi connectivity index (χ3v) is 5.43. The smallest absolute Gasteiger partial charge is 0.193 e. The van der Waals surface area contributed by atoms with Crippen LogP contribution in [0, 0.1) is 0 Å². The number of nitrogens with zero attached hydrogens (tertiary/aromatic N) is 1. The van der Waals surface area contributed by atoms with Crippen LogP contribution < -0.4 is 5.11 Å². The van der Waals surface area contributed by atoms with Gasteiger partial charge in [-0.25, -0.2) is 0 Å². The summed E-state index contributed by atoms with van der Waals surface area (Å²) in [6.45, 7) is 0.340. The zero-order valence-corrected chi connectivity index (χ0v) is 20.2. The summed E-state index contributed by atoms with van der Waals surface area (Å²) < 4.78 is 0.286. The van der Waals surface area contributed by atoms with Gasteiger partial charge in [-0.05, 0) is 25.3 Å². The van der Waals surface area contributed by atoms with Crippen molar-refractivity contribution in [3.63, 3.8) is 0 Å². The molecule has 0 aromatic rings. The Balaban J connectivity index is 3.83. The second-order valence-corrected chi connectivity index (χ2v) is 9.90. The van der Waals surface area contributed by atoms with Gasteiger partial charge in [-0.3, -0.25) is 4.79 Å². The lowest BCUT2D eigenvalue weighted by Gasteiger charge is -2.34. The largest absolute Gasteiger partial charge is 0.550 e. The average molecular weight is 442 g/mol. The first kappa shape index (κ1) is 29.8. The Kier molecular flexibility index (Phi) is 16.6. The van der Waals surface area contributed by atoms with E-state index < -0.39 is 23.8 Å². The lowest BCUT2D eigenvalue weighted by Crippen LogP contribution is -2.55. The Labute approximate surface area is 189 Å². The van der Waals surface area contributed by atoms with Crippen LogP contribution in [-0.2, 0) is 9.59 Å². The topological polar surface area (TPSA) is 97.7 Å². The van der Waals surface area contributed by atoms with Crippen LogP contribution in [0.15, 0.2) is 12.2 Å². The van der Waals surface area contributed by atoms with E-state index in [-0.39, 0.29) is 11.0 Å². The van der Waals surface area contributed by atoms with Crippen LogP contribution in [0.1, 0.15) is 96.3 Å². The minimum absolute atomic E-state index is 0.0217. The number of carbonyl (C=O) groups excluding carboxylic acids is 2. The van der Waals surface area contributed by atoms with Gasteiger partial charge in [-0.15, -0.1) is 0 Å². The van der Waals surface area contributed by atoms with Crippen molar-refractivity contribution in [2.75, 3.05) is 34.3 Å². The van der Waals surface area contributed by atoms with E-state index in [4.69, 9.17) is 5.11 Å². The molecule has 0 bridgehead atoms. The van der Waals surface area contributed by atoms with Gasteiger partial charge in [0.25, 0.3) is 0 Å². The highest BCUT2D eigenvalue weighted by atomic mass is 16.4. The molecular formula is C25H47NO5. The number of likely N-dealkylation sites (N-methyl/N-ethyl adjacent to an activating group) is 1. The number of unbranched alkanes of at least 4 members (excludes halogenated alkanes) is 13. The zero-order valence-electron chi connectivity index (χ0n) is 20.2. The maximum atomic E-state index is 12.4. The minimum Gasteiger partial charge on any atom is -0.550 e. The molecule has 0 saturated carbocycles. The number of aliphatic hydroxyl groups excluding tert-OH is 1. The van der Waals surface area contributed by atoms with E-state index in [1.165, 1.54) is 63.9 Å². The molecule has 1 atom stereocenters. The lowest BCUT2D eigenvalue weighted by atomic mass is 9.92. The molecular weight excluding hydrogens is 394 g/mol. The second-order valence-electron chi connectivity index (χ2n) is 9.90. The quantitative estimate of drug-likeness (QED) is 0.162. The van der Waals surface area contributed by atoms with Crippen LogP contribution in [0.4, 0.5) is 0 Å². The molecule has 0 aliphatic carbocycles. The third kappa shape index (κ3) is 18.1. The van der Waals surface area contributed by atoms with Crippen LogP contribution in [-0.4, -0.2) is 66.3 Å². The van der Waals surface area contributed by atoms with E-state index in [1.54, 1.807) is 27.2 Å². The molecule has 0 aliphatic rings. The van der Waals surface area contributed by atoms with Crippen molar-refractivity contribution in [1.82, 2.24) is 0 Å². The van der Waals surface area contributed by atoms with Crippen LogP contribution >= 0.6 is 0 Å². The second kappa shape index (κ2) is 17.3. The van der Waals surface area contributed by atoms with Crippen molar-refractivity contribution in [1.29, 1.82) is 0 Å². The first-order chi connectivity index (χ1) is 14.6. The van der Waals surface area contributed by atoms with Gasteiger partial charge in [0.1, 0.15) is 6.54 Å². The number of carboxylic acids is 1. The molecule has 0 aromatic heterocycles. The summed E-state index contributed by atoms with van der Waals surface area (Å²) in [5.41, 5.74) is -1.92. The zero-order chi connectivity index (χ0) is 23.6.